The summed E-state index contributed by atoms with van der Waals surface area (Å²) in [6.45, 7) is 0.325. The van der Waals surface area contributed by atoms with Crippen molar-refractivity contribution < 1.29 is 14.8 Å². The van der Waals surface area contributed by atoms with Gasteiger partial charge in [0.15, 0.2) is 0 Å². The monoisotopic (exact) mass is 282 g/mol. The number of aryl methyl sites for hydroxylation is 1. The standard InChI is InChI=1S/C15H15BN2O3/c1-18-9-11(8-17-18)10-21-14-7-6-12-4-2-3-5-13(12)15(14)16(19)20/h2-9,19-20H,10H2,1H3. The van der Waals surface area contributed by atoms with Crippen molar-refractivity contribution >= 4 is 23.4 Å². The highest BCUT2D eigenvalue weighted by Crippen LogP contribution is 2.20. The van der Waals surface area contributed by atoms with Crippen LogP contribution in [0.2, 0.25) is 0 Å². The zero-order chi connectivity index (χ0) is 14.8. The largest absolute Gasteiger partial charge is 0.492 e. The van der Waals surface area contributed by atoms with Gasteiger partial charge >= 0.3 is 7.12 Å². The number of aromatic nitrogens is 2. The van der Waals surface area contributed by atoms with E-state index in [4.69, 9.17) is 4.74 Å². The fraction of sp³-hybridized carbons (Fsp3) is 0.133. The van der Waals surface area contributed by atoms with Crippen molar-refractivity contribution in [2.24, 2.45) is 7.05 Å². The van der Waals surface area contributed by atoms with E-state index >= 15 is 0 Å². The van der Waals surface area contributed by atoms with Crippen LogP contribution in [0, 0.1) is 0 Å². The predicted molar refractivity (Wildman–Crippen MR) is 81.3 cm³/mol. The maximum atomic E-state index is 9.66. The molecule has 0 aliphatic heterocycles. The van der Waals surface area contributed by atoms with Crippen LogP contribution in [0.25, 0.3) is 10.8 Å². The Hall–Kier alpha value is -2.31. The number of hydrogen-bond acceptors (Lipinski definition) is 4. The van der Waals surface area contributed by atoms with Crippen LogP contribution in [-0.2, 0) is 13.7 Å². The lowest BCUT2D eigenvalue weighted by Crippen LogP contribution is -2.32. The van der Waals surface area contributed by atoms with Crippen LogP contribution in [0.3, 0.4) is 0 Å². The van der Waals surface area contributed by atoms with Crippen LogP contribution in [0.5, 0.6) is 5.75 Å². The van der Waals surface area contributed by atoms with Crippen LogP contribution in [0.4, 0.5) is 0 Å². The van der Waals surface area contributed by atoms with E-state index in [1.54, 1.807) is 16.9 Å². The summed E-state index contributed by atoms with van der Waals surface area (Å²) in [5.74, 6) is 0.465. The summed E-state index contributed by atoms with van der Waals surface area (Å²) in [5.41, 5.74) is 1.31. The molecule has 1 aromatic heterocycles. The normalized spacial score (nSPS) is 10.8. The first kappa shape index (κ1) is 13.7. The molecule has 0 spiro atoms. The molecule has 0 aliphatic rings. The summed E-state index contributed by atoms with van der Waals surface area (Å²) >= 11 is 0. The number of hydrogen-bond donors (Lipinski definition) is 2. The third-order valence-electron chi connectivity index (χ3n) is 3.34. The smallest absolute Gasteiger partial charge is 0.489 e. The molecule has 0 saturated carbocycles. The molecule has 0 atom stereocenters. The van der Waals surface area contributed by atoms with Crippen molar-refractivity contribution in [1.29, 1.82) is 0 Å². The Morgan fingerprint density at radius 3 is 2.71 bits per heavy atom. The fourth-order valence-electron chi connectivity index (χ4n) is 2.38. The van der Waals surface area contributed by atoms with Crippen molar-refractivity contribution in [2.45, 2.75) is 6.61 Å². The zero-order valence-electron chi connectivity index (χ0n) is 11.6. The van der Waals surface area contributed by atoms with E-state index in [1.807, 2.05) is 43.6 Å². The Kier molecular flexibility index (Phi) is 3.64. The number of rotatable bonds is 4. The molecule has 106 valence electrons. The lowest BCUT2D eigenvalue weighted by atomic mass is 9.76. The molecule has 0 unspecified atom stereocenters. The Bertz CT molecular complexity index is 770. The molecule has 5 nitrogen and oxygen atoms in total. The molecule has 0 aliphatic carbocycles. The molecule has 2 N–H and O–H groups in total. The van der Waals surface area contributed by atoms with Gasteiger partial charge in [-0.25, -0.2) is 0 Å². The molecule has 2 aromatic carbocycles. The van der Waals surface area contributed by atoms with Crippen LogP contribution in [0.1, 0.15) is 5.56 Å². The molecule has 0 radical (unpaired) electrons. The fourth-order valence-corrected chi connectivity index (χ4v) is 2.38. The van der Waals surface area contributed by atoms with E-state index in [-0.39, 0.29) is 0 Å². The van der Waals surface area contributed by atoms with E-state index in [0.29, 0.717) is 17.8 Å². The van der Waals surface area contributed by atoms with Crippen molar-refractivity contribution in [2.75, 3.05) is 0 Å². The first-order chi connectivity index (χ1) is 10.1. The highest BCUT2D eigenvalue weighted by molar-refractivity contribution is 6.63. The second-order valence-corrected chi connectivity index (χ2v) is 4.88. The van der Waals surface area contributed by atoms with Crippen molar-refractivity contribution in [3.05, 3.63) is 54.4 Å². The van der Waals surface area contributed by atoms with Crippen LogP contribution in [0.15, 0.2) is 48.8 Å². The molecule has 0 fully saturated rings. The Morgan fingerprint density at radius 1 is 1.19 bits per heavy atom. The molecule has 3 rings (SSSR count). The van der Waals surface area contributed by atoms with Gasteiger partial charge in [-0.3, -0.25) is 4.68 Å². The van der Waals surface area contributed by atoms with E-state index in [2.05, 4.69) is 5.10 Å². The van der Waals surface area contributed by atoms with Gasteiger partial charge in [0.25, 0.3) is 0 Å². The summed E-state index contributed by atoms with van der Waals surface area (Å²) in [7, 11) is 0.252. The molecular formula is C15H15BN2O3. The van der Waals surface area contributed by atoms with Crippen LogP contribution >= 0.6 is 0 Å². The lowest BCUT2D eigenvalue weighted by molar-refractivity contribution is 0.307. The van der Waals surface area contributed by atoms with Gasteiger partial charge in [-0.05, 0) is 16.8 Å². The van der Waals surface area contributed by atoms with Crippen molar-refractivity contribution in [1.82, 2.24) is 9.78 Å². The van der Waals surface area contributed by atoms with Gasteiger partial charge < -0.3 is 14.8 Å². The van der Waals surface area contributed by atoms with Gasteiger partial charge in [-0.15, -0.1) is 0 Å². The first-order valence-corrected chi connectivity index (χ1v) is 6.63. The molecule has 0 saturated heterocycles. The quantitative estimate of drug-likeness (QED) is 0.696. The second kappa shape index (κ2) is 5.59. The van der Waals surface area contributed by atoms with E-state index in [1.165, 1.54) is 0 Å². The molecule has 1 heterocycles. The van der Waals surface area contributed by atoms with Gasteiger partial charge in [0, 0.05) is 24.3 Å². The highest BCUT2D eigenvalue weighted by atomic mass is 16.5. The van der Waals surface area contributed by atoms with Gasteiger partial charge in [-0.2, -0.15) is 5.10 Å². The second-order valence-electron chi connectivity index (χ2n) is 4.88. The average molecular weight is 282 g/mol. The molecule has 0 bridgehead atoms. The minimum atomic E-state index is -1.58. The van der Waals surface area contributed by atoms with E-state index in [9.17, 15) is 10.0 Å². The van der Waals surface area contributed by atoms with Crippen molar-refractivity contribution in [3.8, 4) is 5.75 Å². The summed E-state index contributed by atoms with van der Waals surface area (Å²) < 4.78 is 7.43. The summed E-state index contributed by atoms with van der Waals surface area (Å²) in [4.78, 5) is 0. The molecule has 0 amide bonds. The van der Waals surface area contributed by atoms with Crippen LogP contribution < -0.4 is 10.2 Å². The third kappa shape index (κ3) is 2.77. The lowest BCUT2D eigenvalue weighted by Gasteiger charge is -2.13. The van der Waals surface area contributed by atoms with Crippen molar-refractivity contribution in [3.63, 3.8) is 0 Å². The first-order valence-electron chi connectivity index (χ1n) is 6.63. The highest BCUT2D eigenvalue weighted by Gasteiger charge is 2.20. The average Bonchev–Trinajstić information content (AvgIpc) is 2.89. The van der Waals surface area contributed by atoms with Gasteiger partial charge in [0.2, 0.25) is 0 Å². The van der Waals surface area contributed by atoms with Crippen LogP contribution in [-0.4, -0.2) is 26.9 Å². The minimum Gasteiger partial charge on any atom is -0.489 e. The maximum absolute atomic E-state index is 9.66. The number of benzene rings is 2. The number of nitrogens with zero attached hydrogens (tertiary/aromatic N) is 2. The van der Waals surface area contributed by atoms with Gasteiger partial charge in [-0.1, -0.05) is 30.3 Å². The number of fused-ring (bicyclic) bond motifs is 1. The minimum absolute atomic E-state index is 0.325. The molecule has 21 heavy (non-hydrogen) atoms. The Balaban J connectivity index is 1.95. The summed E-state index contributed by atoms with van der Waals surface area (Å²) in [6, 6.07) is 11.2. The topological polar surface area (TPSA) is 67.5 Å². The summed E-state index contributed by atoms with van der Waals surface area (Å²) in [6.07, 6.45) is 3.58. The summed E-state index contributed by atoms with van der Waals surface area (Å²) in [5, 5.41) is 25.1. The number of ether oxygens (including phenoxy) is 1. The third-order valence-corrected chi connectivity index (χ3v) is 3.34. The molecule has 3 aromatic rings. The maximum Gasteiger partial charge on any atom is 0.492 e. The predicted octanol–water partition coefficient (Wildman–Crippen LogP) is 0.832. The SMILES string of the molecule is Cn1cc(COc2ccc3ccccc3c2B(O)O)cn1. The zero-order valence-corrected chi connectivity index (χ0v) is 11.6. The Morgan fingerprint density at radius 2 is 2.00 bits per heavy atom. The Labute approximate surface area is 122 Å². The van der Waals surface area contributed by atoms with Gasteiger partial charge in [0.05, 0.1) is 6.20 Å². The van der Waals surface area contributed by atoms with E-state index < -0.39 is 7.12 Å². The van der Waals surface area contributed by atoms with E-state index in [0.717, 1.165) is 16.3 Å². The van der Waals surface area contributed by atoms with Gasteiger partial charge in [0.1, 0.15) is 12.4 Å². The molecule has 6 heteroatoms. The molecular weight excluding hydrogens is 267 g/mol.